The first kappa shape index (κ1) is 13.7. The fourth-order valence-corrected chi connectivity index (χ4v) is 4.03. The van der Waals surface area contributed by atoms with Crippen molar-refractivity contribution in [1.29, 1.82) is 0 Å². The van der Waals surface area contributed by atoms with Crippen molar-refractivity contribution in [3.8, 4) is 0 Å². The fourth-order valence-electron chi connectivity index (χ4n) is 2.82. The van der Waals surface area contributed by atoms with E-state index >= 15 is 0 Å². The maximum absolute atomic E-state index is 4.46. The van der Waals surface area contributed by atoms with Crippen LogP contribution in [-0.4, -0.2) is 40.3 Å². The van der Waals surface area contributed by atoms with Crippen LogP contribution in [0.3, 0.4) is 0 Å². The Morgan fingerprint density at radius 3 is 3.05 bits per heavy atom. The van der Waals surface area contributed by atoms with Crippen LogP contribution in [0.25, 0.3) is 0 Å². The highest BCUT2D eigenvalue weighted by atomic mass is 32.2. The van der Waals surface area contributed by atoms with E-state index < -0.39 is 0 Å². The largest absolute Gasteiger partial charge is 0.377 e. The Morgan fingerprint density at radius 1 is 1.40 bits per heavy atom. The Bertz CT molecular complexity index is 529. The minimum absolute atomic E-state index is 0.511. The van der Waals surface area contributed by atoms with E-state index in [1.165, 1.54) is 24.1 Å². The van der Waals surface area contributed by atoms with Crippen molar-refractivity contribution in [2.45, 2.75) is 42.9 Å². The number of aromatic nitrogens is 2. The highest BCUT2D eigenvalue weighted by molar-refractivity contribution is 8.00. The van der Waals surface area contributed by atoms with Gasteiger partial charge in [0.1, 0.15) is 17.2 Å². The standard InChI is InChI=1S/C15H22N4S/c1-10-11(2)20-15-13(10)14(17-9-18-15)16-8-12-6-4-5-7-19(12)3/h6,9-11H,4-5,7-8H2,1-3H3,(H,16,17,18). The van der Waals surface area contributed by atoms with E-state index in [-0.39, 0.29) is 0 Å². The van der Waals surface area contributed by atoms with Gasteiger partial charge in [-0.2, -0.15) is 0 Å². The van der Waals surface area contributed by atoms with Crippen LogP contribution in [0.5, 0.6) is 0 Å². The first-order chi connectivity index (χ1) is 9.66. The summed E-state index contributed by atoms with van der Waals surface area (Å²) in [5.41, 5.74) is 2.67. The van der Waals surface area contributed by atoms with Crippen LogP contribution in [0.1, 0.15) is 38.2 Å². The second-order valence-corrected chi connectivity index (χ2v) is 7.03. The normalized spacial score (nSPS) is 25.4. The van der Waals surface area contributed by atoms with Gasteiger partial charge in [-0.3, -0.25) is 0 Å². The number of hydrogen-bond donors (Lipinski definition) is 1. The van der Waals surface area contributed by atoms with Crippen LogP contribution >= 0.6 is 11.8 Å². The molecule has 0 aliphatic carbocycles. The van der Waals surface area contributed by atoms with Gasteiger partial charge in [-0.15, -0.1) is 11.8 Å². The van der Waals surface area contributed by atoms with Crippen LogP contribution in [0.2, 0.25) is 0 Å². The third-order valence-corrected chi connectivity index (χ3v) is 5.64. The van der Waals surface area contributed by atoms with E-state index in [2.05, 4.69) is 47.2 Å². The molecule has 2 aliphatic rings. The molecule has 2 aliphatic heterocycles. The Balaban J connectivity index is 1.76. The zero-order valence-corrected chi connectivity index (χ0v) is 13.2. The van der Waals surface area contributed by atoms with E-state index in [1.54, 1.807) is 6.33 Å². The molecule has 3 heterocycles. The van der Waals surface area contributed by atoms with Crippen molar-refractivity contribution < 1.29 is 0 Å². The van der Waals surface area contributed by atoms with E-state index in [0.717, 1.165) is 23.9 Å². The fraction of sp³-hybridized carbons (Fsp3) is 0.600. The summed E-state index contributed by atoms with van der Waals surface area (Å²) in [5, 5.41) is 5.25. The number of fused-ring (bicyclic) bond motifs is 1. The number of nitrogens with zero attached hydrogens (tertiary/aromatic N) is 3. The zero-order valence-electron chi connectivity index (χ0n) is 12.4. The molecule has 4 nitrogen and oxygen atoms in total. The number of allylic oxidation sites excluding steroid dienone is 1. The van der Waals surface area contributed by atoms with Gasteiger partial charge in [-0.05, 0) is 18.8 Å². The maximum Gasteiger partial charge on any atom is 0.134 e. The van der Waals surface area contributed by atoms with Gasteiger partial charge < -0.3 is 10.2 Å². The number of rotatable bonds is 3. The van der Waals surface area contributed by atoms with Crippen LogP contribution in [0.15, 0.2) is 23.1 Å². The van der Waals surface area contributed by atoms with Gasteiger partial charge in [0.2, 0.25) is 0 Å². The monoisotopic (exact) mass is 290 g/mol. The third-order valence-electron chi connectivity index (χ3n) is 4.31. The predicted molar refractivity (Wildman–Crippen MR) is 84.2 cm³/mol. The Morgan fingerprint density at radius 2 is 2.25 bits per heavy atom. The summed E-state index contributed by atoms with van der Waals surface area (Å²) in [6.45, 7) is 6.53. The lowest BCUT2D eigenvalue weighted by Crippen LogP contribution is -2.27. The quantitative estimate of drug-likeness (QED) is 0.866. The van der Waals surface area contributed by atoms with Gasteiger partial charge in [0, 0.05) is 30.1 Å². The van der Waals surface area contributed by atoms with Crippen LogP contribution in [0, 0.1) is 0 Å². The Hall–Kier alpha value is -1.23. The Labute approximate surface area is 125 Å². The van der Waals surface area contributed by atoms with Crippen LogP contribution in [0.4, 0.5) is 5.82 Å². The lowest BCUT2D eigenvalue weighted by molar-refractivity contribution is 0.385. The molecule has 1 N–H and O–H groups in total. The highest BCUT2D eigenvalue weighted by Crippen LogP contribution is 2.46. The van der Waals surface area contributed by atoms with E-state index in [4.69, 9.17) is 0 Å². The van der Waals surface area contributed by atoms with Crippen LogP contribution in [-0.2, 0) is 0 Å². The maximum atomic E-state index is 4.46. The molecule has 5 heteroatoms. The van der Waals surface area contributed by atoms with Gasteiger partial charge in [0.15, 0.2) is 0 Å². The van der Waals surface area contributed by atoms with E-state index in [9.17, 15) is 0 Å². The van der Waals surface area contributed by atoms with Crippen LogP contribution < -0.4 is 5.32 Å². The molecular weight excluding hydrogens is 268 g/mol. The number of anilines is 1. The molecule has 0 saturated carbocycles. The van der Waals surface area contributed by atoms with Crippen molar-refractivity contribution >= 4 is 17.6 Å². The summed E-state index contributed by atoms with van der Waals surface area (Å²) in [6.07, 6.45) is 6.46. The summed E-state index contributed by atoms with van der Waals surface area (Å²) in [7, 11) is 2.16. The number of hydrogen-bond acceptors (Lipinski definition) is 5. The number of likely N-dealkylation sites (N-methyl/N-ethyl adjacent to an activating group) is 1. The van der Waals surface area contributed by atoms with Crippen molar-refractivity contribution in [1.82, 2.24) is 14.9 Å². The van der Waals surface area contributed by atoms with E-state index in [0.29, 0.717) is 11.2 Å². The molecule has 2 atom stereocenters. The first-order valence-electron chi connectivity index (χ1n) is 7.32. The molecule has 2 unspecified atom stereocenters. The molecule has 0 fully saturated rings. The number of thioether (sulfide) groups is 1. The summed E-state index contributed by atoms with van der Waals surface area (Å²) < 4.78 is 0. The van der Waals surface area contributed by atoms with Gasteiger partial charge >= 0.3 is 0 Å². The van der Waals surface area contributed by atoms with Crippen molar-refractivity contribution in [3.05, 3.63) is 23.7 Å². The molecule has 3 rings (SSSR count). The topological polar surface area (TPSA) is 41.1 Å². The minimum Gasteiger partial charge on any atom is -0.377 e. The molecule has 20 heavy (non-hydrogen) atoms. The summed E-state index contributed by atoms with van der Waals surface area (Å²) in [4.78, 5) is 11.2. The molecule has 0 saturated heterocycles. The highest BCUT2D eigenvalue weighted by Gasteiger charge is 2.31. The first-order valence-corrected chi connectivity index (χ1v) is 8.20. The molecule has 0 bridgehead atoms. The smallest absolute Gasteiger partial charge is 0.134 e. The van der Waals surface area contributed by atoms with Gasteiger partial charge in [0.05, 0.1) is 6.54 Å². The molecule has 1 aromatic rings. The second kappa shape index (κ2) is 5.64. The SMILES string of the molecule is CC1Sc2ncnc(NCC3=CCCCN3C)c2C1C. The summed E-state index contributed by atoms with van der Waals surface area (Å²) >= 11 is 1.86. The molecular formula is C15H22N4S. The Kier molecular flexibility index (Phi) is 3.87. The molecule has 0 spiro atoms. The van der Waals surface area contributed by atoms with Crippen molar-refractivity contribution in [2.24, 2.45) is 0 Å². The lowest BCUT2D eigenvalue weighted by Gasteiger charge is -2.27. The van der Waals surface area contributed by atoms with Gasteiger partial charge in [-0.25, -0.2) is 9.97 Å². The summed E-state index contributed by atoms with van der Waals surface area (Å²) in [5.74, 6) is 1.52. The molecule has 0 amide bonds. The third kappa shape index (κ3) is 2.51. The van der Waals surface area contributed by atoms with Gasteiger partial charge in [0.25, 0.3) is 0 Å². The van der Waals surface area contributed by atoms with Gasteiger partial charge in [-0.1, -0.05) is 19.9 Å². The van der Waals surface area contributed by atoms with E-state index in [1.807, 2.05) is 11.8 Å². The molecule has 1 aromatic heterocycles. The zero-order chi connectivity index (χ0) is 14.1. The lowest BCUT2D eigenvalue weighted by atomic mass is 10.0. The average Bonchev–Trinajstić information content (AvgIpc) is 2.74. The molecule has 108 valence electrons. The second-order valence-electron chi connectivity index (χ2n) is 5.67. The van der Waals surface area contributed by atoms with Crippen molar-refractivity contribution in [2.75, 3.05) is 25.5 Å². The molecule has 0 radical (unpaired) electrons. The average molecular weight is 290 g/mol. The molecule has 0 aromatic carbocycles. The predicted octanol–water partition coefficient (Wildman–Crippen LogP) is 3.10. The minimum atomic E-state index is 0.511. The number of nitrogens with one attached hydrogen (secondary N) is 1. The van der Waals surface area contributed by atoms with Crippen molar-refractivity contribution in [3.63, 3.8) is 0 Å². The summed E-state index contributed by atoms with van der Waals surface area (Å²) in [6, 6.07) is 0.